The second-order valence-corrected chi connectivity index (χ2v) is 9.58. The number of hydrogen-bond donors (Lipinski definition) is 1. The van der Waals surface area contributed by atoms with Gasteiger partial charge in [0.05, 0.1) is 32.3 Å². The molecule has 0 fully saturated rings. The average molecular weight is 454 g/mol. The van der Waals surface area contributed by atoms with Gasteiger partial charge in [0.15, 0.2) is 0 Å². The van der Waals surface area contributed by atoms with Gasteiger partial charge in [-0.1, -0.05) is 37.1 Å². The van der Waals surface area contributed by atoms with Crippen molar-refractivity contribution in [1.29, 1.82) is 5.26 Å². The van der Waals surface area contributed by atoms with E-state index < -0.39 is 8.53 Å². The molecule has 0 radical (unpaired) electrons. The first-order valence-electron chi connectivity index (χ1n) is 11.4. The van der Waals surface area contributed by atoms with E-state index >= 15 is 0 Å². The summed E-state index contributed by atoms with van der Waals surface area (Å²) in [6.07, 6.45) is 13.0. The molecule has 2 unspecified atom stereocenters. The third-order valence-electron chi connectivity index (χ3n) is 4.70. The smallest absolute Gasteiger partial charge is 0.407 e. The van der Waals surface area contributed by atoms with E-state index in [1.165, 1.54) is 0 Å². The number of nitriles is 1. The van der Waals surface area contributed by atoms with Crippen LogP contribution in [0, 0.1) is 17.2 Å². The maximum atomic E-state index is 11.7. The Hall–Kier alpha value is -1.45. The Morgan fingerprint density at radius 2 is 1.84 bits per heavy atom. The number of ether oxygens (including phenoxy) is 1. The lowest BCUT2D eigenvalue weighted by molar-refractivity contribution is 0.134. The van der Waals surface area contributed by atoms with Crippen molar-refractivity contribution in [3.05, 3.63) is 24.3 Å². The van der Waals surface area contributed by atoms with Crippen molar-refractivity contribution in [1.82, 2.24) is 9.99 Å². The first-order chi connectivity index (χ1) is 15.0. The zero-order chi connectivity index (χ0) is 22.9. The maximum Gasteiger partial charge on any atom is 0.407 e. The number of carbonyl (C=O) groups is 1. The Morgan fingerprint density at radius 3 is 2.48 bits per heavy atom. The van der Waals surface area contributed by atoms with Crippen LogP contribution in [0.2, 0.25) is 0 Å². The summed E-state index contributed by atoms with van der Waals surface area (Å²) >= 11 is 0. The lowest BCUT2D eigenvalue weighted by Gasteiger charge is -2.35. The van der Waals surface area contributed by atoms with Crippen molar-refractivity contribution in [3.8, 4) is 6.07 Å². The first-order valence-corrected chi connectivity index (χ1v) is 12.5. The first kappa shape index (κ1) is 27.6. The van der Waals surface area contributed by atoms with E-state index in [1.807, 2.05) is 12.2 Å². The SMILES string of the molecule is CC(C)N(C(C)C)P(OCCC#N)OCCCCCCNC(=O)OCC1C=CC=CC1. The quantitative estimate of drug-likeness (QED) is 0.238. The Balaban J connectivity index is 2.13. The van der Waals surface area contributed by atoms with Crippen molar-refractivity contribution >= 4 is 14.6 Å². The molecule has 0 heterocycles. The van der Waals surface area contributed by atoms with Crippen LogP contribution < -0.4 is 5.32 Å². The second kappa shape index (κ2) is 17.1. The van der Waals surface area contributed by atoms with Gasteiger partial charge in [-0.2, -0.15) is 5.26 Å². The predicted octanol–water partition coefficient (Wildman–Crippen LogP) is 5.70. The highest BCUT2D eigenvalue weighted by atomic mass is 31.2. The van der Waals surface area contributed by atoms with Crippen molar-refractivity contribution in [2.24, 2.45) is 5.92 Å². The van der Waals surface area contributed by atoms with Gasteiger partial charge in [0.25, 0.3) is 8.53 Å². The molecule has 0 aromatic rings. The van der Waals surface area contributed by atoms with Crippen LogP contribution in [0.25, 0.3) is 0 Å². The topological polar surface area (TPSA) is 83.8 Å². The number of amides is 1. The van der Waals surface area contributed by atoms with Gasteiger partial charge in [0.1, 0.15) is 0 Å². The summed E-state index contributed by atoms with van der Waals surface area (Å²) in [5.74, 6) is 0.285. The van der Waals surface area contributed by atoms with E-state index in [1.54, 1.807) is 0 Å². The van der Waals surface area contributed by atoms with E-state index in [9.17, 15) is 4.79 Å². The van der Waals surface area contributed by atoms with Crippen LogP contribution in [0.1, 0.15) is 66.2 Å². The molecule has 0 aromatic heterocycles. The van der Waals surface area contributed by atoms with Gasteiger partial charge >= 0.3 is 6.09 Å². The lowest BCUT2D eigenvalue weighted by Crippen LogP contribution is -2.33. The van der Waals surface area contributed by atoms with Gasteiger partial charge in [-0.25, -0.2) is 9.46 Å². The highest BCUT2D eigenvalue weighted by Crippen LogP contribution is 2.46. The number of carbonyl (C=O) groups excluding carboxylic acids is 1. The van der Waals surface area contributed by atoms with Gasteiger partial charge in [-0.15, -0.1) is 0 Å². The third kappa shape index (κ3) is 12.9. The van der Waals surface area contributed by atoms with Crippen LogP contribution in [0.4, 0.5) is 4.79 Å². The normalized spacial score (nSPS) is 16.6. The zero-order valence-corrected chi connectivity index (χ0v) is 20.5. The van der Waals surface area contributed by atoms with Gasteiger partial charge in [0.2, 0.25) is 0 Å². The molecule has 0 bridgehead atoms. The van der Waals surface area contributed by atoms with Crippen LogP contribution in [-0.4, -0.2) is 49.2 Å². The van der Waals surface area contributed by atoms with Gasteiger partial charge in [-0.3, -0.25) is 0 Å². The van der Waals surface area contributed by atoms with E-state index in [4.69, 9.17) is 19.0 Å². The standard InChI is InChI=1S/C23H40N3O4P/c1-20(2)26(21(3)4)31(30-18-12-15-24)29-17-11-6-5-10-16-25-23(27)28-19-22-13-8-7-9-14-22/h7-9,13,20-22H,5-6,10-12,14,16-19H2,1-4H3,(H,25,27). The molecule has 1 aliphatic rings. The molecule has 7 nitrogen and oxygen atoms in total. The Bertz CT molecular complexity index is 582. The fourth-order valence-corrected chi connectivity index (χ4v) is 4.84. The van der Waals surface area contributed by atoms with Crippen LogP contribution in [0.3, 0.4) is 0 Å². The molecular formula is C23H40N3O4P. The summed E-state index contributed by atoms with van der Waals surface area (Å²) in [7, 11) is -1.16. The van der Waals surface area contributed by atoms with E-state index in [0.29, 0.717) is 44.9 Å². The molecule has 0 aliphatic heterocycles. The van der Waals surface area contributed by atoms with Gasteiger partial charge < -0.3 is 19.1 Å². The van der Waals surface area contributed by atoms with Crippen LogP contribution in [0.5, 0.6) is 0 Å². The largest absolute Gasteiger partial charge is 0.449 e. The van der Waals surface area contributed by atoms with Crippen molar-refractivity contribution in [2.75, 3.05) is 26.4 Å². The molecule has 1 rings (SSSR count). The highest BCUT2D eigenvalue weighted by Gasteiger charge is 2.26. The average Bonchev–Trinajstić information content (AvgIpc) is 2.74. The number of allylic oxidation sites excluding steroid dienone is 3. The van der Waals surface area contributed by atoms with Crippen molar-refractivity contribution < 1.29 is 18.6 Å². The Kier molecular flexibility index (Phi) is 15.3. The minimum atomic E-state index is -1.16. The fraction of sp³-hybridized carbons (Fsp3) is 0.739. The molecule has 2 atom stereocenters. The minimum Gasteiger partial charge on any atom is -0.449 e. The van der Waals surface area contributed by atoms with E-state index in [2.05, 4.69) is 55.9 Å². The fourth-order valence-electron chi connectivity index (χ4n) is 3.22. The summed E-state index contributed by atoms with van der Waals surface area (Å²) < 4.78 is 19.4. The van der Waals surface area contributed by atoms with Crippen LogP contribution >= 0.6 is 8.53 Å². The molecule has 0 saturated heterocycles. The van der Waals surface area contributed by atoms with Crippen LogP contribution in [-0.2, 0) is 13.8 Å². The summed E-state index contributed by atoms with van der Waals surface area (Å²) in [4.78, 5) is 11.7. The maximum absolute atomic E-state index is 11.7. The van der Waals surface area contributed by atoms with E-state index in [0.717, 1.165) is 32.1 Å². The molecule has 8 heteroatoms. The predicted molar refractivity (Wildman–Crippen MR) is 125 cm³/mol. The molecule has 1 amide bonds. The molecule has 0 spiro atoms. The lowest BCUT2D eigenvalue weighted by atomic mass is 10.0. The second-order valence-electron chi connectivity index (χ2n) is 8.13. The van der Waals surface area contributed by atoms with Gasteiger partial charge in [0, 0.05) is 24.5 Å². The molecular weight excluding hydrogens is 413 g/mol. The molecule has 0 aromatic carbocycles. The van der Waals surface area contributed by atoms with Crippen molar-refractivity contribution in [2.45, 2.75) is 78.3 Å². The minimum absolute atomic E-state index is 0.285. The molecule has 176 valence electrons. The number of nitrogens with one attached hydrogen (secondary N) is 1. The Morgan fingerprint density at radius 1 is 1.13 bits per heavy atom. The summed E-state index contributed by atoms with van der Waals surface area (Å²) in [6.45, 7) is 10.6. The number of alkyl carbamates (subject to hydrolysis) is 1. The molecule has 31 heavy (non-hydrogen) atoms. The monoisotopic (exact) mass is 453 g/mol. The number of hydrogen-bond acceptors (Lipinski definition) is 6. The van der Waals surface area contributed by atoms with Gasteiger partial charge in [-0.05, 0) is 47.0 Å². The molecule has 1 aliphatic carbocycles. The summed E-state index contributed by atoms with van der Waals surface area (Å²) in [6, 6.07) is 2.74. The van der Waals surface area contributed by atoms with Crippen LogP contribution in [0.15, 0.2) is 24.3 Å². The molecule has 1 N–H and O–H groups in total. The van der Waals surface area contributed by atoms with Crippen molar-refractivity contribution in [3.63, 3.8) is 0 Å². The molecule has 0 saturated carbocycles. The Labute approximate surface area is 189 Å². The van der Waals surface area contributed by atoms with E-state index in [-0.39, 0.29) is 12.0 Å². The summed E-state index contributed by atoms with van der Waals surface area (Å²) in [5, 5.41) is 11.6. The highest BCUT2D eigenvalue weighted by molar-refractivity contribution is 7.44. The zero-order valence-electron chi connectivity index (χ0n) is 19.6. The number of unbranched alkanes of at least 4 members (excludes halogenated alkanes) is 3. The summed E-state index contributed by atoms with van der Waals surface area (Å²) in [5.41, 5.74) is 0. The third-order valence-corrected chi connectivity index (χ3v) is 6.81. The number of rotatable bonds is 16. The number of nitrogens with zero attached hydrogens (tertiary/aromatic N) is 2.